The fraction of sp³-hybridized carbons (Fsp3) is 0.316. The van der Waals surface area contributed by atoms with Crippen LogP contribution >= 0.6 is 11.3 Å². The molecule has 0 bridgehead atoms. The van der Waals surface area contributed by atoms with Crippen molar-refractivity contribution in [1.29, 1.82) is 0 Å². The molecule has 0 aliphatic carbocycles. The Bertz CT molecular complexity index is 829. The predicted molar refractivity (Wildman–Crippen MR) is 99.3 cm³/mol. The van der Waals surface area contributed by atoms with Crippen LogP contribution in [-0.2, 0) is 17.8 Å². The zero-order valence-electron chi connectivity index (χ0n) is 14.0. The Balaban J connectivity index is 2.00. The molecule has 3 rings (SSSR count). The summed E-state index contributed by atoms with van der Waals surface area (Å²) in [4.78, 5) is 23.6. The van der Waals surface area contributed by atoms with E-state index in [1.165, 1.54) is 5.56 Å². The van der Waals surface area contributed by atoms with Gasteiger partial charge in [-0.25, -0.2) is 4.98 Å². The van der Waals surface area contributed by atoms with Gasteiger partial charge in [0.2, 0.25) is 5.91 Å². The second-order valence-corrected chi connectivity index (χ2v) is 6.67. The van der Waals surface area contributed by atoms with Gasteiger partial charge in [-0.15, -0.1) is 0 Å². The Morgan fingerprint density at radius 1 is 1.17 bits per heavy atom. The number of amides is 1. The summed E-state index contributed by atoms with van der Waals surface area (Å²) in [6, 6.07) is 12.0. The van der Waals surface area contributed by atoms with Crippen LogP contribution in [0.5, 0.6) is 0 Å². The van der Waals surface area contributed by atoms with Gasteiger partial charge in [0.15, 0.2) is 5.13 Å². The van der Waals surface area contributed by atoms with Gasteiger partial charge in [-0.2, -0.15) is 0 Å². The molecule has 0 fully saturated rings. The van der Waals surface area contributed by atoms with Crippen LogP contribution in [0.4, 0.5) is 5.13 Å². The molecule has 124 valence electrons. The van der Waals surface area contributed by atoms with Crippen molar-refractivity contribution in [3.05, 3.63) is 53.9 Å². The second-order valence-electron chi connectivity index (χ2n) is 5.66. The van der Waals surface area contributed by atoms with E-state index in [9.17, 15) is 4.79 Å². The summed E-state index contributed by atoms with van der Waals surface area (Å²) in [5.74, 6) is 0.0975. The molecule has 0 saturated heterocycles. The Morgan fingerprint density at radius 2 is 2.04 bits per heavy atom. The molecule has 2 aromatic heterocycles. The van der Waals surface area contributed by atoms with Crippen molar-refractivity contribution < 1.29 is 4.79 Å². The molecule has 0 radical (unpaired) electrons. The maximum absolute atomic E-state index is 12.6. The van der Waals surface area contributed by atoms with Crippen molar-refractivity contribution in [2.45, 2.75) is 39.7 Å². The Hall–Kier alpha value is -2.27. The number of benzene rings is 1. The van der Waals surface area contributed by atoms with Crippen molar-refractivity contribution in [3.63, 3.8) is 0 Å². The summed E-state index contributed by atoms with van der Waals surface area (Å²) in [6.45, 7) is 4.60. The summed E-state index contributed by atoms with van der Waals surface area (Å²) in [6.07, 6.45) is 4.03. The van der Waals surface area contributed by atoms with E-state index in [4.69, 9.17) is 4.98 Å². The molecule has 1 amide bonds. The van der Waals surface area contributed by atoms with E-state index in [1.807, 2.05) is 25.1 Å². The van der Waals surface area contributed by atoms with Crippen LogP contribution in [0.3, 0.4) is 0 Å². The fourth-order valence-electron chi connectivity index (χ4n) is 2.66. The minimum atomic E-state index is 0.0975. The summed E-state index contributed by atoms with van der Waals surface area (Å²) < 4.78 is 1.12. The lowest BCUT2D eigenvalue weighted by atomic mass is 10.1. The average Bonchev–Trinajstić information content (AvgIpc) is 3.04. The zero-order chi connectivity index (χ0) is 16.9. The molecule has 0 saturated carbocycles. The highest BCUT2D eigenvalue weighted by molar-refractivity contribution is 7.22. The number of aryl methyl sites for hydroxylation is 1. The van der Waals surface area contributed by atoms with Gasteiger partial charge in [-0.1, -0.05) is 43.4 Å². The molecule has 0 N–H and O–H groups in total. The lowest BCUT2D eigenvalue weighted by Gasteiger charge is -2.19. The Kier molecular flexibility index (Phi) is 5.20. The molecule has 5 heteroatoms. The number of thiazole rings is 1. The third kappa shape index (κ3) is 3.46. The van der Waals surface area contributed by atoms with E-state index in [0.717, 1.165) is 33.9 Å². The van der Waals surface area contributed by atoms with Gasteiger partial charge in [0.1, 0.15) is 0 Å². The van der Waals surface area contributed by atoms with Gasteiger partial charge in [-0.05, 0) is 36.6 Å². The molecule has 0 spiro atoms. The molecule has 1 aromatic carbocycles. The standard InChI is InChI=1S/C19H21N3OS/c1-3-8-17(23)22(13-15-10-5-6-12-20-15)19-21-18-14(4-2)9-7-11-16(18)24-19/h5-7,9-12H,3-4,8,13H2,1-2H3. The van der Waals surface area contributed by atoms with E-state index in [1.54, 1.807) is 22.4 Å². The number of pyridine rings is 1. The lowest BCUT2D eigenvalue weighted by Crippen LogP contribution is -2.30. The van der Waals surface area contributed by atoms with Crippen molar-refractivity contribution in [2.24, 2.45) is 0 Å². The van der Waals surface area contributed by atoms with E-state index < -0.39 is 0 Å². The van der Waals surface area contributed by atoms with E-state index in [0.29, 0.717) is 13.0 Å². The van der Waals surface area contributed by atoms with Crippen LogP contribution in [-0.4, -0.2) is 15.9 Å². The normalized spacial score (nSPS) is 10.9. The van der Waals surface area contributed by atoms with Gasteiger partial charge in [-0.3, -0.25) is 14.7 Å². The maximum Gasteiger partial charge on any atom is 0.229 e. The third-order valence-electron chi connectivity index (χ3n) is 3.91. The van der Waals surface area contributed by atoms with Crippen LogP contribution < -0.4 is 4.90 Å². The van der Waals surface area contributed by atoms with Gasteiger partial charge >= 0.3 is 0 Å². The van der Waals surface area contributed by atoms with Gasteiger partial charge in [0.25, 0.3) is 0 Å². The highest BCUT2D eigenvalue weighted by Gasteiger charge is 2.20. The number of hydrogen-bond donors (Lipinski definition) is 0. The van der Waals surface area contributed by atoms with Crippen molar-refractivity contribution in [1.82, 2.24) is 9.97 Å². The largest absolute Gasteiger partial charge is 0.282 e. The lowest BCUT2D eigenvalue weighted by molar-refractivity contribution is -0.118. The van der Waals surface area contributed by atoms with Gasteiger partial charge in [0.05, 0.1) is 22.5 Å². The van der Waals surface area contributed by atoms with Gasteiger partial charge in [0, 0.05) is 12.6 Å². The van der Waals surface area contributed by atoms with Crippen LogP contribution in [0, 0.1) is 0 Å². The molecular weight excluding hydrogens is 318 g/mol. The molecule has 24 heavy (non-hydrogen) atoms. The number of anilines is 1. The molecule has 0 unspecified atom stereocenters. The fourth-order valence-corrected chi connectivity index (χ4v) is 3.69. The highest BCUT2D eigenvalue weighted by atomic mass is 32.1. The molecule has 0 aliphatic heterocycles. The molecular formula is C19H21N3OS. The first-order valence-corrected chi connectivity index (χ1v) is 9.13. The summed E-state index contributed by atoms with van der Waals surface area (Å²) in [7, 11) is 0. The summed E-state index contributed by atoms with van der Waals surface area (Å²) >= 11 is 1.57. The molecule has 0 atom stereocenters. The topological polar surface area (TPSA) is 46.1 Å². The number of nitrogens with zero attached hydrogens (tertiary/aromatic N) is 3. The third-order valence-corrected chi connectivity index (χ3v) is 4.96. The smallest absolute Gasteiger partial charge is 0.229 e. The molecule has 2 heterocycles. The molecule has 4 nitrogen and oxygen atoms in total. The molecule has 0 aliphatic rings. The number of hydrogen-bond acceptors (Lipinski definition) is 4. The van der Waals surface area contributed by atoms with Crippen molar-refractivity contribution >= 4 is 32.6 Å². The van der Waals surface area contributed by atoms with Crippen LogP contribution in [0.1, 0.15) is 37.9 Å². The zero-order valence-corrected chi connectivity index (χ0v) is 14.8. The maximum atomic E-state index is 12.6. The monoisotopic (exact) mass is 339 g/mol. The van der Waals surface area contributed by atoms with Crippen LogP contribution in [0.15, 0.2) is 42.6 Å². The quantitative estimate of drug-likeness (QED) is 0.660. The Morgan fingerprint density at radius 3 is 2.75 bits per heavy atom. The van der Waals surface area contributed by atoms with E-state index in [-0.39, 0.29) is 5.91 Å². The Labute approximate surface area is 146 Å². The summed E-state index contributed by atoms with van der Waals surface area (Å²) in [5, 5.41) is 0.759. The summed E-state index contributed by atoms with van der Waals surface area (Å²) in [5.41, 5.74) is 3.10. The first kappa shape index (κ1) is 16.6. The van der Waals surface area contributed by atoms with Crippen molar-refractivity contribution in [2.75, 3.05) is 4.90 Å². The average molecular weight is 339 g/mol. The number of para-hydroxylation sites is 1. The van der Waals surface area contributed by atoms with Crippen LogP contribution in [0.25, 0.3) is 10.2 Å². The SMILES string of the molecule is CCCC(=O)N(Cc1ccccn1)c1nc2c(CC)cccc2s1. The minimum Gasteiger partial charge on any atom is -0.282 e. The van der Waals surface area contributed by atoms with Crippen molar-refractivity contribution in [3.8, 4) is 0 Å². The van der Waals surface area contributed by atoms with E-state index >= 15 is 0 Å². The highest BCUT2D eigenvalue weighted by Crippen LogP contribution is 2.32. The van der Waals surface area contributed by atoms with Gasteiger partial charge < -0.3 is 0 Å². The van der Waals surface area contributed by atoms with Crippen LogP contribution in [0.2, 0.25) is 0 Å². The predicted octanol–water partition coefficient (Wildman–Crippen LogP) is 4.59. The number of rotatable bonds is 6. The number of carbonyl (C=O) groups excluding carboxylic acids is 1. The second kappa shape index (κ2) is 7.53. The molecule has 3 aromatic rings. The van der Waals surface area contributed by atoms with E-state index in [2.05, 4.69) is 30.1 Å². The minimum absolute atomic E-state index is 0.0975. The number of carbonyl (C=O) groups is 1. The first-order chi connectivity index (χ1) is 11.7. The number of aromatic nitrogens is 2. The number of fused-ring (bicyclic) bond motifs is 1. The first-order valence-electron chi connectivity index (χ1n) is 8.31.